The number of carbonyl (C=O) groups is 1. The van der Waals surface area contributed by atoms with Crippen molar-refractivity contribution in [3.05, 3.63) is 65.2 Å². The predicted octanol–water partition coefficient (Wildman–Crippen LogP) is 4.42. The topological polar surface area (TPSA) is 38.3 Å². The first-order valence-corrected chi connectivity index (χ1v) is 8.86. The molecule has 0 radical (unpaired) electrons. The second kappa shape index (κ2) is 8.19. The first-order valence-electron chi connectivity index (χ1n) is 8.86. The zero-order chi connectivity index (χ0) is 18.4. The molecule has 134 valence electrons. The van der Waals surface area contributed by atoms with E-state index in [2.05, 4.69) is 50.4 Å². The lowest BCUT2D eigenvalue weighted by molar-refractivity contribution is -0.120. The van der Waals surface area contributed by atoms with Crippen molar-refractivity contribution < 1.29 is 9.53 Å². The lowest BCUT2D eigenvalue weighted by atomic mass is 9.84. The smallest absolute Gasteiger partial charge is 0.224 e. The lowest BCUT2D eigenvalue weighted by Crippen LogP contribution is -2.37. The number of benzene rings is 2. The van der Waals surface area contributed by atoms with Crippen LogP contribution in [0.3, 0.4) is 0 Å². The molecule has 0 saturated carbocycles. The van der Waals surface area contributed by atoms with E-state index in [1.807, 2.05) is 38.1 Å². The molecule has 0 aliphatic carbocycles. The van der Waals surface area contributed by atoms with Crippen molar-refractivity contribution in [2.45, 2.75) is 52.6 Å². The van der Waals surface area contributed by atoms with Crippen LogP contribution in [0, 0.1) is 6.92 Å². The van der Waals surface area contributed by atoms with Crippen LogP contribution in [0.4, 0.5) is 0 Å². The van der Waals surface area contributed by atoms with Gasteiger partial charge in [0, 0.05) is 17.5 Å². The van der Waals surface area contributed by atoms with Gasteiger partial charge in [-0.15, -0.1) is 0 Å². The van der Waals surface area contributed by atoms with Crippen molar-refractivity contribution >= 4 is 5.91 Å². The molecule has 0 aromatic heterocycles. The summed E-state index contributed by atoms with van der Waals surface area (Å²) in [4.78, 5) is 12.4. The summed E-state index contributed by atoms with van der Waals surface area (Å²) in [6.45, 7) is 10.9. The van der Waals surface area contributed by atoms with Crippen molar-refractivity contribution in [1.29, 1.82) is 0 Å². The number of hydrogen-bond donors (Lipinski definition) is 1. The fourth-order valence-corrected chi connectivity index (χ4v) is 2.68. The third-order valence-corrected chi connectivity index (χ3v) is 4.25. The van der Waals surface area contributed by atoms with Gasteiger partial charge in [0.2, 0.25) is 5.91 Å². The van der Waals surface area contributed by atoms with E-state index in [0.29, 0.717) is 13.0 Å². The molecule has 0 bridgehead atoms. The van der Waals surface area contributed by atoms with E-state index in [1.165, 1.54) is 11.1 Å². The van der Waals surface area contributed by atoms with Gasteiger partial charge in [-0.1, -0.05) is 61.9 Å². The van der Waals surface area contributed by atoms with Crippen LogP contribution in [0.2, 0.25) is 0 Å². The molecule has 1 amide bonds. The van der Waals surface area contributed by atoms with Crippen LogP contribution in [0.1, 0.15) is 44.4 Å². The summed E-state index contributed by atoms with van der Waals surface area (Å²) in [5.41, 5.74) is 3.27. The van der Waals surface area contributed by atoms with Crippen LogP contribution in [0.15, 0.2) is 48.5 Å². The molecular weight excluding hydrogens is 310 g/mol. The highest BCUT2D eigenvalue weighted by Crippen LogP contribution is 2.23. The molecule has 25 heavy (non-hydrogen) atoms. The van der Waals surface area contributed by atoms with Gasteiger partial charge in [0.25, 0.3) is 0 Å². The summed E-state index contributed by atoms with van der Waals surface area (Å²) in [5.74, 6) is 0.797. The largest absolute Gasteiger partial charge is 0.491 e. The van der Waals surface area contributed by atoms with E-state index >= 15 is 0 Å². The zero-order valence-electron chi connectivity index (χ0n) is 15.9. The van der Waals surface area contributed by atoms with Crippen LogP contribution < -0.4 is 10.1 Å². The maximum Gasteiger partial charge on any atom is 0.224 e. The van der Waals surface area contributed by atoms with Crippen LogP contribution in [-0.2, 0) is 16.6 Å². The Hall–Kier alpha value is -2.29. The number of amides is 1. The van der Waals surface area contributed by atoms with Gasteiger partial charge in [0.05, 0.1) is 12.5 Å². The Morgan fingerprint density at radius 1 is 1.08 bits per heavy atom. The van der Waals surface area contributed by atoms with Crippen LogP contribution in [-0.4, -0.2) is 18.6 Å². The molecule has 0 saturated heterocycles. The van der Waals surface area contributed by atoms with Gasteiger partial charge in [0.1, 0.15) is 5.75 Å². The molecule has 0 aliphatic rings. The van der Waals surface area contributed by atoms with Gasteiger partial charge in [-0.25, -0.2) is 0 Å². The highest BCUT2D eigenvalue weighted by Gasteiger charge is 2.21. The minimum Gasteiger partial charge on any atom is -0.491 e. The summed E-state index contributed by atoms with van der Waals surface area (Å²) < 4.78 is 5.79. The minimum absolute atomic E-state index is 0.0139. The number of ether oxygens (including phenoxy) is 1. The van der Waals surface area contributed by atoms with Crippen molar-refractivity contribution in [2.75, 3.05) is 6.54 Å². The number of carbonyl (C=O) groups excluding carboxylic acids is 1. The average Bonchev–Trinajstić information content (AvgIpc) is 2.55. The van der Waals surface area contributed by atoms with Gasteiger partial charge in [-0.3, -0.25) is 4.79 Å². The number of rotatable bonds is 7. The molecule has 0 heterocycles. The standard InChI is InChI=1S/C22H29NO2/c1-16(2)25-20-9-7-6-8-18(20)14-21(24)23-15-22(4,5)19-12-10-17(3)11-13-19/h6-13,16H,14-15H2,1-5H3,(H,23,24). The lowest BCUT2D eigenvalue weighted by Gasteiger charge is -2.26. The molecule has 2 aromatic carbocycles. The van der Waals surface area contributed by atoms with Gasteiger partial charge >= 0.3 is 0 Å². The van der Waals surface area contributed by atoms with Gasteiger partial charge in [0.15, 0.2) is 0 Å². The highest BCUT2D eigenvalue weighted by atomic mass is 16.5. The third kappa shape index (κ3) is 5.63. The summed E-state index contributed by atoms with van der Waals surface area (Å²) in [6.07, 6.45) is 0.414. The highest BCUT2D eigenvalue weighted by molar-refractivity contribution is 5.79. The van der Waals surface area contributed by atoms with E-state index in [0.717, 1.165) is 11.3 Å². The molecule has 3 nitrogen and oxygen atoms in total. The fraction of sp³-hybridized carbons (Fsp3) is 0.409. The second-order valence-corrected chi connectivity index (χ2v) is 7.48. The molecule has 0 unspecified atom stereocenters. The van der Waals surface area contributed by atoms with E-state index < -0.39 is 0 Å². The maximum atomic E-state index is 12.4. The Morgan fingerprint density at radius 2 is 1.72 bits per heavy atom. The molecule has 0 atom stereocenters. The summed E-state index contributed by atoms with van der Waals surface area (Å²) in [6, 6.07) is 16.2. The number of nitrogens with one attached hydrogen (secondary N) is 1. The number of aryl methyl sites for hydroxylation is 1. The molecule has 0 fully saturated rings. The van der Waals surface area contributed by atoms with Crippen molar-refractivity contribution in [1.82, 2.24) is 5.32 Å². The summed E-state index contributed by atoms with van der Waals surface area (Å²) in [5, 5.41) is 3.07. The predicted molar refractivity (Wildman–Crippen MR) is 103 cm³/mol. The Labute approximate surface area is 151 Å². The molecule has 0 aliphatic heterocycles. The van der Waals surface area contributed by atoms with E-state index in [1.54, 1.807) is 0 Å². The van der Waals surface area contributed by atoms with Crippen LogP contribution in [0.5, 0.6) is 5.75 Å². The number of para-hydroxylation sites is 1. The second-order valence-electron chi connectivity index (χ2n) is 7.48. The third-order valence-electron chi connectivity index (χ3n) is 4.25. The molecule has 3 heteroatoms. The normalized spacial score (nSPS) is 11.4. The zero-order valence-corrected chi connectivity index (χ0v) is 15.9. The van der Waals surface area contributed by atoms with Crippen molar-refractivity contribution in [2.24, 2.45) is 0 Å². The monoisotopic (exact) mass is 339 g/mol. The van der Waals surface area contributed by atoms with Gasteiger partial charge in [-0.05, 0) is 32.4 Å². The first kappa shape index (κ1) is 19.0. The average molecular weight is 339 g/mol. The van der Waals surface area contributed by atoms with E-state index in [-0.39, 0.29) is 17.4 Å². The van der Waals surface area contributed by atoms with E-state index in [4.69, 9.17) is 4.74 Å². The summed E-state index contributed by atoms with van der Waals surface area (Å²) >= 11 is 0. The fourth-order valence-electron chi connectivity index (χ4n) is 2.68. The molecule has 2 rings (SSSR count). The Morgan fingerprint density at radius 3 is 2.36 bits per heavy atom. The Kier molecular flexibility index (Phi) is 6.24. The van der Waals surface area contributed by atoms with Crippen LogP contribution >= 0.6 is 0 Å². The molecular formula is C22H29NO2. The summed E-state index contributed by atoms with van der Waals surface area (Å²) in [7, 11) is 0. The Bertz CT molecular complexity index is 702. The van der Waals surface area contributed by atoms with E-state index in [9.17, 15) is 4.79 Å². The minimum atomic E-state index is -0.114. The van der Waals surface area contributed by atoms with Crippen molar-refractivity contribution in [3.8, 4) is 5.75 Å². The van der Waals surface area contributed by atoms with Crippen molar-refractivity contribution in [3.63, 3.8) is 0 Å². The molecule has 2 aromatic rings. The van der Waals surface area contributed by atoms with Gasteiger partial charge < -0.3 is 10.1 Å². The first-order chi connectivity index (χ1) is 11.8. The Balaban J connectivity index is 1.98. The molecule has 0 spiro atoms. The molecule has 1 N–H and O–H groups in total. The maximum absolute atomic E-state index is 12.4. The SMILES string of the molecule is Cc1ccc(C(C)(C)CNC(=O)Cc2ccccc2OC(C)C)cc1. The van der Waals surface area contributed by atoms with Crippen LogP contribution in [0.25, 0.3) is 0 Å². The number of hydrogen-bond acceptors (Lipinski definition) is 2. The van der Waals surface area contributed by atoms with Gasteiger partial charge in [-0.2, -0.15) is 0 Å². The quantitative estimate of drug-likeness (QED) is 0.811.